The highest BCUT2D eigenvalue weighted by Gasteiger charge is 2.29. The van der Waals surface area contributed by atoms with Crippen LogP contribution in [-0.4, -0.2) is 19.6 Å². The van der Waals surface area contributed by atoms with Crippen molar-refractivity contribution in [3.05, 3.63) is 175 Å². The molecule has 4 heteroatoms. The zero-order valence-corrected chi connectivity index (χ0v) is 37.4. The predicted octanol–water partition coefficient (Wildman–Crippen LogP) is 15.4. The molecule has 0 atom stereocenters. The summed E-state index contributed by atoms with van der Waals surface area (Å²) < 4.78 is 2.20. The van der Waals surface area contributed by atoms with Gasteiger partial charge in [-0.15, -0.1) is 0 Å². The summed E-state index contributed by atoms with van der Waals surface area (Å²) in [5.41, 5.74) is 16.7. The molecule has 0 bridgehead atoms. The fraction of sp³-hybridized carbons (Fsp3) is 0.228. The minimum atomic E-state index is -0.302. The van der Waals surface area contributed by atoms with Crippen LogP contribution in [0, 0.1) is 0 Å². The number of phenolic OH excluding ortho intramolecular Hbond substituents is 1. The predicted molar refractivity (Wildman–Crippen MR) is 259 cm³/mol. The van der Waals surface area contributed by atoms with Crippen LogP contribution in [0.4, 0.5) is 0 Å². The molecule has 0 fully saturated rings. The van der Waals surface area contributed by atoms with E-state index in [1.165, 1.54) is 5.56 Å². The number of rotatable bonds is 7. The van der Waals surface area contributed by atoms with Crippen LogP contribution in [-0.2, 0) is 16.2 Å². The van der Waals surface area contributed by atoms with Crippen molar-refractivity contribution in [2.75, 3.05) is 0 Å². The van der Waals surface area contributed by atoms with E-state index in [0.717, 1.165) is 83.6 Å². The summed E-state index contributed by atoms with van der Waals surface area (Å²) >= 11 is 0. The molecule has 6 aromatic carbocycles. The molecule has 1 N–H and O–H groups in total. The van der Waals surface area contributed by atoms with Crippen LogP contribution >= 0.6 is 0 Å². The van der Waals surface area contributed by atoms with E-state index in [2.05, 4.69) is 201 Å². The first kappa shape index (κ1) is 41.2. The molecule has 4 nitrogen and oxygen atoms in total. The summed E-state index contributed by atoms with van der Waals surface area (Å²) in [7, 11) is 0. The van der Waals surface area contributed by atoms with Gasteiger partial charge in [-0.1, -0.05) is 159 Å². The number of hydrogen-bond acceptors (Lipinski definition) is 3. The van der Waals surface area contributed by atoms with Crippen LogP contribution in [0.1, 0.15) is 91.5 Å². The van der Waals surface area contributed by atoms with Crippen LogP contribution < -0.4 is 0 Å². The Hall–Kier alpha value is -6.52. The first-order chi connectivity index (χ1) is 28.9. The van der Waals surface area contributed by atoms with Crippen molar-refractivity contribution in [2.24, 2.45) is 0 Å². The lowest BCUT2D eigenvalue weighted by Crippen LogP contribution is -2.17. The van der Waals surface area contributed by atoms with E-state index >= 15 is 0 Å². The van der Waals surface area contributed by atoms with E-state index < -0.39 is 0 Å². The lowest BCUT2D eigenvalue weighted by Gasteiger charge is -2.27. The Kier molecular flexibility index (Phi) is 10.5. The van der Waals surface area contributed by atoms with Gasteiger partial charge >= 0.3 is 0 Å². The second-order valence-corrected chi connectivity index (χ2v) is 19.6. The number of para-hydroxylation sites is 2. The first-order valence-corrected chi connectivity index (χ1v) is 21.3. The molecule has 0 saturated carbocycles. The quantitative estimate of drug-likeness (QED) is 0.175. The number of nitrogens with zero attached hydrogens (tertiary/aromatic N) is 3. The van der Waals surface area contributed by atoms with Crippen LogP contribution in [0.25, 0.3) is 78.3 Å². The molecule has 0 unspecified atom stereocenters. The van der Waals surface area contributed by atoms with E-state index in [9.17, 15) is 5.11 Å². The average Bonchev–Trinajstić information content (AvgIpc) is 3.62. The molecule has 8 rings (SSSR count). The Morgan fingerprint density at radius 1 is 0.541 bits per heavy atom. The Morgan fingerprint density at radius 3 is 1.80 bits per heavy atom. The SMILES string of the molecule is C=C(C)c1ccnc(-c2cc(-c3cc(C(C)(C)C)ccc3-c3ccccc3)cc(-c3cccc4c3nc(-c3cc(C(C)(C)C)cc(C(C)(C)C)c3O)n4-c3ccccc3)c2)c1. The van der Waals surface area contributed by atoms with Gasteiger partial charge in [0.25, 0.3) is 0 Å². The maximum absolute atomic E-state index is 12.3. The van der Waals surface area contributed by atoms with Gasteiger partial charge in [-0.3, -0.25) is 9.55 Å². The molecule has 0 aliphatic heterocycles. The first-order valence-electron chi connectivity index (χ1n) is 21.3. The fourth-order valence-electron chi connectivity index (χ4n) is 8.22. The lowest BCUT2D eigenvalue weighted by atomic mass is 9.79. The number of fused-ring (bicyclic) bond motifs is 1. The summed E-state index contributed by atoms with van der Waals surface area (Å²) in [5.74, 6) is 0.952. The maximum atomic E-state index is 12.3. The summed E-state index contributed by atoms with van der Waals surface area (Å²) in [6.07, 6.45) is 1.87. The highest BCUT2D eigenvalue weighted by Crippen LogP contribution is 2.45. The zero-order valence-electron chi connectivity index (χ0n) is 37.4. The minimum absolute atomic E-state index is 0.0588. The van der Waals surface area contributed by atoms with Gasteiger partial charge in [-0.25, -0.2) is 4.98 Å². The standard InChI is InChI=1S/C57H57N3O/c1-36(2)38-27-28-58-50(32-38)41-30-39(29-40(31-41)47-33-42(55(3,4)5)25-26-45(47)37-19-14-12-15-20-37)46-23-18-24-51-52(46)59-54(60(51)44-21-16-13-17-22-44)48-34-43(56(6,7)8)35-49(53(48)61)57(9,10)11/h12-35,61H,1H2,2-11H3. The molecule has 8 aromatic rings. The number of hydrogen-bond donors (Lipinski definition) is 1. The topological polar surface area (TPSA) is 50.9 Å². The molecule has 0 spiro atoms. The molecular formula is C57H57N3O. The number of imidazole rings is 1. The molecule has 61 heavy (non-hydrogen) atoms. The molecule has 0 aliphatic rings. The number of aromatic nitrogens is 3. The molecule has 0 radical (unpaired) electrons. The molecule has 2 heterocycles. The van der Waals surface area contributed by atoms with Crippen molar-refractivity contribution in [1.82, 2.24) is 14.5 Å². The smallest absolute Gasteiger partial charge is 0.149 e. The van der Waals surface area contributed by atoms with Gasteiger partial charge in [0.15, 0.2) is 0 Å². The molecule has 0 aliphatic carbocycles. The van der Waals surface area contributed by atoms with Gasteiger partial charge in [-0.05, 0) is 122 Å². The molecule has 2 aromatic heterocycles. The van der Waals surface area contributed by atoms with Gasteiger partial charge in [0.1, 0.15) is 11.6 Å². The van der Waals surface area contributed by atoms with Crippen molar-refractivity contribution in [1.29, 1.82) is 0 Å². The van der Waals surface area contributed by atoms with Crippen LogP contribution in [0.2, 0.25) is 0 Å². The van der Waals surface area contributed by atoms with Gasteiger partial charge in [0.2, 0.25) is 0 Å². The fourth-order valence-corrected chi connectivity index (χ4v) is 8.22. The number of pyridine rings is 1. The second kappa shape index (κ2) is 15.5. The summed E-state index contributed by atoms with van der Waals surface area (Å²) in [4.78, 5) is 10.5. The van der Waals surface area contributed by atoms with E-state index in [1.54, 1.807) is 0 Å². The normalized spacial score (nSPS) is 12.2. The van der Waals surface area contributed by atoms with Gasteiger partial charge < -0.3 is 5.11 Å². The number of aromatic hydroxyl groups is 1. The minimum Gasteiger partial charge on any atom is -0.507 e. The Labute approximate surface area is 362 Å². The molecule has 0 saturated heterocycles. The van der Waals surface area contributed by atoms with Crippen molar-refractivity contribution in [3.8, 4) is 67.5 Å². The van der Waals surface area contributed by atoms with E-state index in [4.69, 9.17) is 9.97 Å². The Balaban J connectivity index is 1.46. The van der Waals surface area contributed by atoms with Crippen molar-refractivity contribution in [3.63, 3.8) is 0 Å². The molecule has 0 amide bonds. The Bertz CT molecular complexity index is 2930. The largest absolute Gasteiger partial charge is 0.507 e. The average molecular weight is 800 g/mol. The third kappa shape index (κ3) is 8.08. The van der Waals surface area contributed by atoms with E-state index in [0.29, 0.717) is 11.4 Å². The zero-order chi connectivity index (χ0) is 43.4. The Morgan fingerprint density at radius 2 is 1.16 bits per heavy atom. The van der Waals surface area contributed by atoms with Crippen molar-refractivity contribution in [2.45, 2.75) is 85.5 Å². The molecule has 306 valence electrons. The number of phenols is 1. The second-order valence-electron chi connectivity index (χ2n) is 19.6. The van der Waals surface area contributed by atoms with Gasteiger partial charge in [0.05, 0.1) is 22.3 Å². The van der Waals surface area contributed by atoms with Crippen LogP contribution in [0.5, 0.6) is 5.75 Å². The summed E-state index contributed by atoms with van der Waals surface area (Å²) in [6, 6.07) is 49.6. The lowest BCUT2D eigenvalue weighted by molar-refractivity contribution is 0.446. The van der Waals surface area contributed by atoms with Gasteiger partial charge in [-0.2, -0.15) is 0 Å². The summed E-state index contributed by atoms with van der Waals surface area (Å²) in [6.45, 7) is 26.2. The van der Waals surface area contributed by atoms with E-state index in [1.807, 2.05) is 25.3 Å². The molecular weight excluding hydrogens is 743 g/mol. The third-order valence-electron chi connectivity index (χ3n) is 11.8. The highest BCUT2D eigenvalue weighted by molar-refractivity contribution is 5.98. The number of allylic oxidation sites excluding steroid dienone is 1. The third-order valence-corrected chi connectivity index (χ3v) is 11.8. The van der Waals surface area contributed by atoms with Crippen LogP contribution in [0.15, 0.2) is 152 Å². The maximum Gasteiger partial charge on any atom is 0.149 e. The van der Waals surface area contributed by atoms with Gasteiger partial charge in [0, 0.05) is 28.6 Å². The van der Waals surface area contributed by atoms with Crippen molar-refractivity contribution >= 4 is 16.6 Å². The van der Waals surface area contributed by atoms with Crippen molar-refractivity contribution < 1.29 is 5.11 Å². The summed E-state index contributed by atoms with van der Waals surface area (Å²) in [5, 5.41) is 12.3. The van der Waals surface area contributed by atoms with Crippen LogP contribution in [0.3, 0.4) is 0 Å². The number of benzene rings is 6. The highest BCUT2D eigenvalue weighted by atomic mass is 16.3. The van der Waals surface area contributed by atoms with E-state index in [-0.39, 0.29) is 22.0 Å². The monoisotopic (exact) mass is 799 g/mol.